The Morgan fingerprint density at radius 3 is 2.63 bits per heavy atom. The lowest BCUT2D eigenvalue weighted by Gasteiger charge is -2.26. The van der Waals surface area contributed by atoms with Crippen molar-refractivity contribution in [2.45, 2.75) is 24.2 Å². The standard InChI is InChI=1S/C20H21BrN2O6S/c21-18-9-7-16(29-18)8-10-20(25)28-14-19(24)22-15-5-4-6-17(13-15)30(26,27)23-11-2-1-3-12-23/h4-10,13H,1-3,11-12,14H2,(H,22,24). The Kier molecular flexibility index (Phi) is 7.46. The number of hydrogen-bond acceptors (Lipinski definition) is 6. The zero-order valence-electron chi connectivity index (χ0n) is 16.0. The van der Waals surface area contributed by atoms with Crippen molar-refractivity contribution in [1.82, 2.24) is 4.31 Å². The van der Waals surface area contributed by atoms with Crippen LogP contribution >= 0.6 is 15.9 Å². The summed E-state index contributed by atoms with van der Waals surface area (Å²) in [6.45, 7) is 0.489. The number of amides is 1. The van der Waals surface area contributed by atoms with E-state index in [1.807, 2.05) is 0 Å². The topological polar surface area (TPSA) is 106 Å². The summed E-state index contributed by atoms with van der Waals surface area (Å²) in [6.07, 6.45) is 5.26. The molecule has 0 aliphatic carbocycles. The average molecular weight is 497 g/mol. The molecule has 1 amide bonds. The van der Waals surface area contributed by atoms with Gasteiger partial charge >= 0.3 is 5.97 Å². The number of nitrogens with zero attached hydrogens (tertiary/aromatic N) is 1. The Labute approximate surface area is 183 Å². The highest BCUT2D eigenvalue weighted by atomic mass is 79.9. The van der Waals surface area contributed by atoms with Crippen LogP contribution in [-0.2, 0) is 24.3 Å². The number of sulfonamides is 1. The van der Waals surface area contributed by atoms with Gasteiger partial charge in [0.25, 0.3) is 5.91 Å². The number of furan rings is 1. The first-order valence-electron chi connectivity index (χ1n) is 9.35. The second-order valence-electron chi connectivity index (χ2n) is 6.62. The summed E-state index contributed by atoms with van der Waals surface area (Å²) >= 11 is 3.15. The lowest BCUT2D eigenvalue weighted by atomic mass is 10.2. The van der Waals surface area contributed by atoms with E-state index in [0.717, 1.165) is 25.3 Å². The van der Waals surface area contributed by atoms with Gasteiger partial charge in [-0.3, -0.25) is 4.79 Å². The number of anilines is 1. The van der Waals surface area contributed by atoms with Crippen molar-refractivity contribution >= 4 is 49.6 Å². The SMILES string of the molecule is O=C(COC(=O)C=Cc1ccc(Br)o1)Nc1cccc(S(=O)(=O)N2CCCCC2)c1. The second kappa shape index (κ2) is 10.1. The van der Waals surface area contributed by atoms with E-state index in [1.54, 1.807) is 24.3 Å². The molecule has 0 bridgehead atoms. The Morgan fingerprint density at radius 1 is 1.17 bits per heavy atom. The van der Waals surface area contributed by atoms with Crippen molar-refractivity contribution in [3.8, 4) is 0 Å². The van der Waals surface area contributed by atoms with E-state index in [0.29, 0.717) is 29.2 Å². The molecule has 1 N–H and O–H groups in total. The zero-order valence-corrected chi connectivity index (χ0v) is 18.4. The van der Waals surface area contributed by atoms with Gasteiger partial charge in [-0.05, 0) is 65.2 Å². The van der Waals surface area contributed by atoms with Crippen molar-refractivity contribution in [3.05, 3.63) is 52.9 Å². The van der Waals surface area contributed by atoms with Crippen LogP contribution in [0.15, 0.2) is 56.5 Å². The number of benzene rings is 1. The fourth-order valence-corrected chi connectivity index (χ4v) is 4.82. The minimum Gasteiger partial charge on any atom is -0.452 e. The predicted molar refractivity (Wildman–Crippen MR) is 114 cm³/mol. The summed E-state index contributed by atoms with van der Waals surface area (Å²) in [5, 5.41) is 2.54. The molecule has 0 spiro atoms. The first kappa shape index (κ1) is 22.3. The molecule has 0 radical (unpaired) electrons. The quantitative estimate of drug-likeness (QED) is 0.464. The smallest absolute Gasteiger partial charge is 0.331 e. The molecule has 0 unspecified atom stereocenters. The summed E-state index contributed by atoms with van der Waals surface area (Å²) < 4.78 is 37.6. The van der Waals surface area contributed by atoms with Crippen LogP contribution in [0.4, 0.5) is 5.69 Å². The van der Waals surface area contributed by atoms with Gasteiger partial charge in [0, 0.05) is 24.9 Å². The van der Waals surface area contributed by atoms with E-state index in [4.69, 9.17) is 9.15 Å². The van der Waals surface area contributed by atoms with Crippen molar-refractivity contribution in [1.29, 1.82) is 0 Å². The van der Waals surface area contributed by atoms with Gasteiger partial charge in [0.15, 0.2) is 11.3 Å². The summed E-state index contributed by atoms with van der Waals surface area (Å²) in [7, 11) is -3.60. The van der Waals surface area contributed by atoms with Gasteiger partial charge in [-0.1, -0.05) is 12.5 Å². The predicted octanol–water partition coefficient (Wildman–Crippen LogP) is 3.41. The molecule has 0 atom stereocenters. The Bertz CT molecular complexity index is 1040. The fraction of sp³-hybridized carbons (Fsp3) is 0.300. The van der Waals surface area contributed by atoms with Crippen LogP contribution in [0.1, 0.15) is 25.0 Å². The van der Waals surface area contributed by atoms with Gasteiger partial charge in [-0.25, -0.2) is 13.2 Å². The molecular formula is C20H21BrN2O6S. The molecule has 2 aromatic rings. The van der Waals surface area contributed by atoms with Gasteiger partial charge in [-0.2, -0.15) is 4.31 Å². The molecule has 30 heavy (non-hydrogen) atoms. The summed E-state index contributed by atoms with van der Waals surface area (Å²) in [5.41, 5.74) is 0.310. The Balaban J connectivity index is 1.54. The number of piperidine rings is 1. The van der Waals surface area contributed by atoms with Crippen LogP contribution in [0.5, 0.6) is 0 Å². The van der Waals surface area contributed by atoms with E-state index >= 15 is 0 Å². The minimum atomic E-state index is -3.60. The van der Waals surface area contributed by atoms with Crippen molar-refractivity contribution < 1.29 is 27.2 Å². The third kappa shape index (κ3) is 6.04. The third-order valence-electron chi connectivity index (χ3n) is 4.39. The first-order valence-corrected chi connectivity index (χ1v) is 11.6. The summed E-state index contributed by atoms with van der Waals surface area (Å²) in [4.78, 5) is 23.9. The van der Waals surface area contributed by atoms with E-state index in [1.165, 1.54) is 22.5 Å². The zero-order chi connectivity index (χ0) is 21.6. The van der Waals surface area contributed by atoms with Crippen molar-refractivity contribution in [3.63, 3.8) is 0 Å². The molecule has 160 valence electrons. The number of rotatable bonds is 7. The maximum atomic E-state index is 12.8. The number of ether oxygens (including phenoxy) is 1. The average Bonchev–Trinajstić information content (AvgIpc) is 3.17. The number of nitrogens with one attached hydrogen (secondary N) is 1. The van der Waals surface area contributed by atoms with Crippen LogP contribution in [0.2, 0.25) is 0 Å². The molecule has 1 saturated heterocycles. The highest BCUT2D eigenvalue weighted by molar-refractivity contribution is 9.10. The number of halogens is 1. The molecule has 2 heterocycles. The molecule has 3 rings (SSSR count). The fourth-order valence-electron chi connectivity index (χ4n) is 2.94. The lowest BCUT2D eigenvalue weighted by Crippen LogP contribution is -2.35. The third-order valence-corrected chi connectivity index (χ3v) is 6.71. The molecular weight excluding hydrogens is 476 g/mol. The van der Waals surface area contributed by atoms with Gasteiger partial charge in [0.2, 0.25) is 10.0 Å². The molecule has 1 fully saturated rings. The second-order valence-corrected chi connectivity index (χ2v) is 9.34. The largest absolute Gasteiger partial charge is 0.452 e. The van der Waals surface area contributed by atoms with E-state index in [9.17, 15) is 18.0 Å². The lowest BCUT2D eigenvalue weighted by molar-refractivity contribution is -0.142. The van der Waals surface area contributed by atoms with Gasteiger partial charge < -0.3 is 14.5 Å². The number of carbonyl (C=O) groups excluding carboxylic acids is 2. The summed E-state index contributed by atoms with van der Waals surface area (Å²) in [5.74, 6) is -0.834. The molecule has 1 aromatic heterocycles. The molecule has 1 aliphatic heterocycles. The highest BCUT2D eigenvalue weighted by Crippen LogP contribution is 2.23. The highest BCUT2D eigenvalue weighted by Gasteiger charge is 2.26. The number of carbonyl (C=O) groups is 2. The van der Waals surface area contributed by atoms with Crippen molar-refractivity contribution in [2.75, 3.05) is 25.0 Å². The van der Waals surface area contributed by atoms with Crippen molar-refractivity contribution in [2.24, 2.45) is 0 Å². The van der Waals surface area contributed by atoms with Gasteiger partial charge in [0.05, 0.1) is 4.90 Å². The van der Waals surface area contributed by atoms with Gasteiger partial charge in [0.1, 0.15) is 5.76 Å². The molecule has 0 saturated carbocycles. The Morgan fingerprint density at radius 2 is 1.93 bits per heavy atom. The van der Waals surface area contributed by atoms with Crippen LogP contribution < -0.4 is 5.32 Å². The van der Waals surface area contributed by atoms with Crippen LogP contribution in [0, 0.1) is 0 Å². The van der Waals surface area contributed by atoms with E-state index in [-0.39, 0.29) is 4.90 Å². The van der Waals surface area contributed by atoms with E-state index < -0.39 is 28.5 Å². The Hall–Kier alpha value is -2.43. The maximum Gasteiger partial charge on any atom is 0.331 e. The molecule has 10 heteroatoms. The normalized spacial score (nSPS) is 15.2. The maximum absolute atomic E-state index is 12.8. The molecule has 8 nitrogen and oxygen atoms in total. The van der Waals surface area contributed by atoms with Crippen LogP contribution in [-0.4, -0.2) is 44.3 Å². The van der Waals surface area contributed by atoms with Gasteiger partial charge in [-0.15, -0.1) is 0 Å². The van der Waals surface area contributed by atoms with Crippen LogP contribution in [0.25, 0.3) is 6.08 Å². The number of hydrogen-bond donors (Lipinski definition) is 1. The molecule has 1 aromatic carbocycles. The van der Waals surface area contributed by atoms with E-state index in [2.05, 4.69) is 21.2 Å². The van der Waals surface area contributed by atoms with Crippen LogP contribution in [0.3, 0.4) is 0 Å². The monoisotopic (exact) mass is 496 g/mol. The first-order chi connectivity index (χ1) is 14.3. The summed E-state index contributed by atoms with van der Waals surface area (Å²) in [6, 6.07) is 9.37. The minimum absolute atomic E-state index is 0.117. The number of esters is 1. The molecule has 1 aliphatic rings.